The fourth-order valence-electron chi connectivity index (χ4n) is 2.64. The van der Waals surface area contributed by atoms with Crippen LogP contribution in [0.5, 0.6) is 5.75 Å². The van der Waals surface area contributed by atoms with E-state index in [0.29, 0.717) is 12.2 Å². The summed E-state index contributed by atoms with van der Waals surface area (Å²) in [6.07, 6.45) is 3.01. The van der Waals surface area contributed by atoms with Gasteiger partial charge < -0.3 is 9.64 Å². The van der Waals surface area contributed by atoms with Crippen LogP contribution in [0.1, 0.15) is 26.6 Å². The number of aryl methyl sites for hydroxylation is 1. The number of anilines is 1. The molecular formula is C23H24N4O3S. The summed E-state index contributed by atoms with van der Waals surface area (Å²) in [6.45, 7) is 2.37. The molecule has 0 unspecified atom stereocenters. The molecular weight excluding hydrogens is 412 g/mol. The monoisotopic (exact) mass is 436 g/mol. The van der Waals surface area contributed by atoms with E-state index in [2.05, 4.69) is 15.8 Å². The average molecular weight is 437 g/mol. The first-order valence-electron chi connectivity index (χ1n) is 9.60. The van der Waals surface area contributed by atoms with Crippen LogP contribution in [0.25, 0.3) is 6.08 Å². The van der Waals surface area contributed by atoms with Crippen molar-refractivity contribution in [1.29, 1.82) is 0 Å². The van der Waals surface area contributed by atoms with Crippen molar-refractivity contribution in [2.45, 2.75) is 13.5 Å². The molecule has 0 radical (unpaired) electrons. The second kappa shape index (κ2) is 10.4. The molecule has 7 nitrogen and oxygen atoms in total. The molecule has 8 heteroatoms. The maximum Gasteiger partial charge on any atom is 0.269 e. The van der Waals surface area contributed by atoms with Crippen molar-refractivity contribution >= 4 is 34.9 Å². The van der Waals surface area contributed by atoms with E-state index >= 15 is 0 Å². The summed E-state index contributed by atoms with van der Waals surface area (Å²) in [6, 6.07) is 14.5. The number of carbonyl (C=O) groups excluding carboxylic acids is 2. The third-order valence-corrected chi connectivity index (χ3v) is 5.11. The summed E-state index contributed by atoms with van der Waals surface area (Å²) in [7, 11) is 3.79. The molecule has 1 aromatic heterocycles. The molecule has 2 N–H and O–H groups in total. The summed E-state index contributed by atoms with van der Waals surface area (Å²) < 4.78 is 5.71. The number of hydrogen-bond donors (Lipinski definition) is 2. The Labute approximate surface area is 185 Å². The van der Waals surface area contributed by atoms with E-state index in [-0.39, 0.29) is 5.91 Å². The van der Waals surface area contributed by atoms with Gasteiger partial charge in [-0.3, -0.25) is 20.4 Å². The number of rotatable bonds is 7. The molecule has 2 amide bonds. The van der Waals surface area contributed by atoms with Crippen molar-refractivity contribution in [1.82, 2.24) is 15.8 Å². The Morgan fingerprint density at radius 3 is 2.58 bits per heavy atom. The van der Waals surface area contributed by atoms with Crippen molar-refractivity contribution < 1.29 is 14.3 Å². The Hall–Kier alpha value is -3.65. The number of hydrazine groups is 1. The fourth-order valence-corrected chi connectivity index (χ4v) is 3.23. The maximum absolute atomic E-state index is 12.2. The summed E-state index contributed by atoms with van der Waals surface area (Å²) >= 11 is 1.59. The van der Waals surface area contributed by atoms with E-state index < -0.39 is 5.91 Å². The van der Waals surface area contributed by atoms with Crippen LogP contribution in [0.15, 0.2) is 60.0 Å². The van der Waals surface area contributed by atoms with Crippen LogP contribution in [-0.2, 0) is 11.4 Å². The van der Waals surface area contributed by atoms with E-state index in [1.165, 1.54) is 6.08 Å². The summed E-state index contributed by atoms with van der Waals surface area (Å²) in [5, 5.41) is 2.98. The molecule has 31 heavy (non-hydrogen) atoms. The van der Waals surface area contributed by atoms with Gasteiger partial charge in [-0.05, 0) is 48.9 Å². The number of nitrogens with one attached hydrogen (secondary N) is 2. The Balaban J connectivity index is 1.47. The van der Waals surface area contributed by atoms with Gasteiger partial charge in [0.05, 0.1) is 10.7 Å². The average Bonchev–Trinajstić information content (AvgIpc) is 3.20. The molecule has 0 atom stereocenters. The lowest BCUT2D eigenvalue weighted by Gasteiger charge is -2.13. The minimum absolute atomic E-state index is 0.387. The second-order valence-corrected chi connectivity index (χ2v) is 8.00. The third kappa shape index (κ3) is 6.68. The van der Waals surface area contributed by atoms with Crippen LogP contribution < -0.4 is 20.5 Å². The lowest BCUT2D eigenvalue weighted by Crippen LogP contribution is -2.40. The highest BCUT2D eigenvalue weighted by Crippen LogP contribution is 2.16. The number of nitrogens with zero attached hydrogens (tertiary/aromatic N) is 2. The van der Waals surface area contributed by atoms with Crippen molar-refractivity contribution in [3.05, 3.63) is 81.8 Å². The fraction of sp³-hybridized carbons (Fsp3) is 0.174. The third-order valence-electron chi connectivity index (χ3n) is 4.28. The Bertz CT molecular complexity index is 1070. The van der Waals surface area contributed by atoms with Crippen LogP contribution >= 0.6 is 11.3 Å². The second-order valence-electron chi connectivity index (χ2n) is 6.94. The largest absolute Gasteiger partial charge is 0.487 e. The minimum atomic E-state index is -0.434. The SMILES string of the molecule is Cc1nc(COc2ccc(/C=C/C(=O)NNC(=O)c3cccc(N(C)C)c3)cc2)cs1. The lowest BCUT2D eigenvalue weighted by atomic mass is 10.2. The number of hydrogen-bond acceptors (Lipinski definition) is 6. The molecule has 0 fully saturated rings. The standard InChI is InChI=1S/C23H24N4O3S/c1-16-24-19(15-31-16)14-30-21-10-7-17(8-11-21)9-12-22(28)25-26-23(29)18-5-4-6-20(13-18)27(2)3/h4-13,15H,14H2,1-3H3,(H,25,28)(H,26,29)/b12-9+. The van der Waals surface area contributed by atoms with E-state index in [0.717, 1.165) is 27.7 Å². The first kappa shape index (κ1) is 22.0. The predicted molar refractivity (Wildman–Crippen MR) is 123 cm³/mol. The van der Waals surface area contributed by atoms with Crippen molar-refractivity contribution in [2.75, 3.05) is 19.0 Å². The Morgan fingerprint density at radius 2 is 1.90 bits per heavy atom. The molecule has 2 aromatic carbocycles. The highest BCUT2D eigenvalue weighted by molar-refractivity contribution is 7.09. The van der Waals surface area contributed by atoms with Crippen LogP contribution in [-0.4, -0.2) is 30.9 Å². The van der Waals surface area contributed by atoms with Crippen LogP contribution in [0.2, 0.25) is 0 Å². The Kier molecular flexibility index (Phi) is 7.40. The van der Waals surface area contributed by atoms with Crippen LogP contribution in [0, 0.1) is 6.92 Å². The molecule has 0 saturated carbocycles. The van der Waals surface area contributed by atoms with Gasteiger partial charge in [-0.15, -0.1) is 11.3 Å². The number of amides is 2. The topological polar surface area (TPSA) is 83.6 Å². The lowest BCUT2D eigenvalue weighted by molar-refractivity contribution is -0.117. The number of ether oxygens (including phenoxy) is 1. The van der Waals surface area contributed by atoms with Gasteiger partial charge in [0.1, 0.15) is 12.4 Å². The molecule has 1 heterocycles. The van der Waals surface area contributed by atoms with Crippen molar-refractivity contribution in [3.8, 4) is 5.75 Å². The molecule has 3 aromatic rings. The van der Waals surface area contributed by atoms with Gasteiger partial charge in [0, 0.05) is 36.8 Å². The van der Waals surface area contributed by atoms with E-state index in [9.17, 15) is 9.59 Å². The molecule has 160 valence electrons. The van der Waals surface area contributed by atoms with Gasteiger partial charge in [0.2, 0.25) is 0 Å². The zero-order valence-electron chi connectivity index (χ0n) is 17.6. The zero-order valence-corrected chi connectivity index (χ0v) is 18.4. The van der Waals surface area contributed by atoms with Gasteiger partial charge >= 0.3 is 0 Å². The van der Waals surface area contributed by atoms with Gasteiger partial charge in [-0.2, -0.15) is 0 Å². The summed E-state index contributed by atoms with van der Waals surface area (Å²) in [5.41, 5.74) is 7.88. The molecule has 3 rings (SSSR count). The van der Waals surface area contributed by atoms with E-state index in [1.54, 1.807) is 35.6 Å². The maximum atomic E-state index is 12.2. The normalized spacial score (nSPS) is 10.7. The first-order chi connectivity index (χ1) is 14.9. The number of thiazole rings is 1. The number of benzene rings is 2. The van der Waals surface area contributed by atoms with Crippen molar-refractivity contribution in [3.63, 3.8) is 0 Å². The molecule has 0 aliphatic heterocycles. The van der Waals surface area contributed by atoms with E-state index in [4.69, 9.17) is 4.74 Å². The molecule has 0 aliphatic carbocycles. The van der Waals surface area contributed by atoms with Gasteiger partial charge in [0.15, 0.2) is 0 Å². The smallest absolute Gasteiger partial charge is 0.269 e. The highest BCUT2D eigenvalue weighted by Gasteiger charge is 2.07. The van der Waals surface area contributed by atoms with E-state index in [1.807, 2.05) is 61.6 Å². The van der Waals surface area contributed by atoms with Gasteiger partial charge in [-0.25, -0.2) is 4.98 Å². The number of carbonyl (C=O) groups is 2. The quantitative estimate of drug-likeness (QED) is 0.437. The zero-order chi connectivity index (χ0) is 22.2. The van der Waals surface area contributed by atoms with Crippen LogP contribution in [0.3, 0.4) is 0 Å². The number of aromatic nitrogens is 1. The van der Waals surface area contributed by atoms with Gasteiger partial charge in [0.25, 0.3) is 11.8 Å². The van der Waals surface area contributed by atoms with Crippen LogP contribution in [0.4, 0.5) is 5.69 Å². The van der Waals surface area contributed by atoms with Gasteiger partial charge in [-0.1, -0.05) is 18.2 Å². The highest BCUT2D eigenvalue weighted by atomic mass is 32.1. The summed E-state index contributed by atoms with van der Waals surface area (Å²) in [5.74, 6) is -0.0990. The molecule has 0 spiro atoms. The minimum Gasteiger partial charge on any atom is -0.487 e. The predicted octanol–water partition coefficient (Wildman–Crippen LogP) is 3.57. The molecule has 0 aliphatic rings. The Morgan fingerprint density at radius 1 is 1.13 bits per heavy atom. The van der Waals surface area contributed by atoms with Crippen molar-refractivity contribution in [2.24, 2.45) is 0 Å². The first-order valence-corrected chi connectivity index (χ1v) is 10.5. The molecule has 0 saturated heterocycles. The summed E-state index contributed by atoms with van der Waals surface area (Å²) in [4.78, 5) is 30.5. The molecule has 0 bridgehead atoms.